The Morgan fingerprint density at radius 2 is 1.95 bits per heavy atom. The van der Waals surface area contributed by atoms with E-state index in [1.807, 2.05) is 44.4 Å². The standard InChI is InChI=1S/C15H21N3O2/c1-3-19-13-6-4-5-7-14(13)20-11-10-18-9-8-17-15(18)12-16-2/h4-9,16H,3,10-12H2,1-2H3. The Bertz CT molecular complexity index is 525. The molecule has 1 aromatic carbocycles. The van der Waals surface area contributed by atoms with Crippen LogP contribution in [-0.2, 0) is 13.1 Å². The Morgan fingerprint density at radius 1 is 1.20 bits per heavy atom. The molecule has 5 heteroatoms. The summed E-state index contributed by atoms with van der Waals surface area (Å²) in [5.74, 6) is 2.58. The lowest BCUT2D eigenvalue weighted by molar-refractivity contribution is 0.265. The van der Waals surface area contributed by atoms with Crippen LogP contribution >= 0.6 is 0 Å². The van der Waals surface area contributed by atoms with Gasteiger partial charge < -0.3 is 19.4 Å². The normalized spacial score (nSPS) is 10.5. The summed E-state index contributed by atoms with van der Waals surface area (Å²) in [6.07, 6.45) is 3.77. The van der Waals surface area contributed by atoms with Gasteiger partial charge in [-0.05, 0) is 26.1 Å². The third-order valence-electron chi connectivity index (χ3n) is 2.88. The molecule has 0 saturated heterocycles. The highest BCUT2D eigenvalue weighted by Gasteiger charge is 2.05. The Morgan fingerprint density at radius 3 is 2.65 bits per heavy atom. The number of hydrogen-bond donors (Lipinski definition) is 1. The lowest BCUT2D eigenvalue weighted by Crippen LogP contribution is -2.15. The van der Waals surface area contributed by atoms with Crippen molar-refractivity contribution in [3.63, 3.8) is 0 Å². The summed E-state index contributed by atoms with van der Waals surface area (Å²) in [7, 11) is 1.91. The maximum atomic E-state index is 5.80. The Labute approximate surface area is 119 Å². The van der Waals surface area contributed by atoms with Crippen molar-refractivity contribution in [2.24, 2.45) is 0 Å². The molecule has 0 aliphatic carbocycles. The molecule has 108 valence electrons. The van der Waals surface area contributed by atoms with Crippen molar-refractivity contribution in [2.45, 2.75) is 20.0 Å². The van der Waals surface area contributed by atoms with Gasteiger partial charge in [-0.3, -0.25) is 0 Å². The minimum Gasteiger partial charge on any atom is -0.490 e. The van der Waals surface area contributed by atoms with E-state index in [0.29, 0.717) is 13.2 Å². The predicted octanol–water partition coefficient (Wildman–Crippen LogP) is 2.08. The average molecular weight is 275 g/mol. The van der Waals surface area contributed by atoms with Crippen LogP contribution in [0.4, 0.5) is 0 Å². The molecule has 20 heavy (non-hydrogen) atoms. The van der Waals surface area contributed by atoms with E-state index in [2.05, 4.69) is 14.9 Å². The van der Waals surface area contributed by atoms with Crippen molar-refractivity contribution in [1.29, 1.82) is 0 Å². The van der Waals surface area contributed by atoms with Crippen LogP contribution in [0.2, 0.25) is 0 Å². The van der Waals surface area contributed by atoms with E-state index < -0.39 is 0 Å². The topological polar surface area (TPSA) is 48.3 Å². The van der Waals surface area contributed by atoms with Crippen molar-refractivity contribution in [2.75, 3.05) is 20.3 Å². The van der Waals surface area contributed by atoms with Crippen LogP contribution < -0.4 is 14.8 Å². The number of hydrogen-bond acceptors (Lipinski definition) is 4. The van der Waals surface area contributed by atoms with E-state index in [1.165, 1.54) is 0 Å². The predicted molar refractivity (Wildman–Crippen MR) is 78.1 cm³/mol. The zero-order chi connectivity index (χ0) is 14.2. The van der Waals surface area contributed by atoms with Crippen molar-refractivity contribution in [3.05, 3.63) is 42.5 Å². The number of aromatic nitrogens is 2. The highest BCUT2D eigenvalue weighted by atomic mass is 16.5. The Hall–Kier alpha value is -2.01. The molecule has 0 radical (unpaired) electrons. The van der Waals surface area contributed by atoms with Crippen LogP contribution in [-0.4, -0.2) is 29.8 Å². The highest BCUT2D eigenvalue weighted by Crippen LogP contribution is 2.26. The molecule has 0 atom stereocenters. The maximum Gasteiger partial charge on any atom is 0.161 e. The summed E-state index contributed by atoms with van der Waals surface area (Å²) in [6.45, 7) is 4.69. The van der Waals surface area contributed by atoms with E-state index in [4.69, 9.17) is 9.47 Å². The van der Waals surface area contributed by atoms with Crippen molar-refractivity contribution >= 4 is 0 Å². The Balaban J connectivity index is 1.91. The van der Waals surface area contributed by atoms with E-state index in [-0.39, 0.29) is 0 Å². The van der Waals surface area contributed by atoms with Gasteiger partial charge in [0.05, 0.1) is 19.7 Å². The molecule has 0 amide bonds. The van der Waals surface area contributed by atoms with Crippen molar-refractivity contribution < 1.29 is 9.47 Å². The van der Waals surface area contributed by atoms with Crippen LogP contribution in [0.15, 0.2) is 36.7 Å². The molecule has 0 aliphatic rings. The second-order valence-corrected chi connectivity index (χ2v) is 4.30. The van der Waals surface area contributed by atoms with Crippen LogP contribution in [0.1, 0.15) is 12.7 Å². The Kier molecular flexibility index (Phi) is 5.43. The largest absolute Gasteiger partial charge is 0.490 e. The average Bonchev–Trinajstić information content (AvgIpc) is 2.89. The van der Waals surface area contributed by atoms with Crippen LogP contribution in [0, 0.1) is 0 Å². The van der Waals surface area contributed by atoms with Crippen LogP contribution in [0.3, 0.4) is 0 Å². The fraction of sp³-hybridized carbons (Fsp3) is 0.400. The summed E-state index contributed by atoms with van der Waals surface area (Å²) >= 11 is 0. The minimum atomic E-state index is 0.581. The van der Waals surface area contributed by atoms with Gasteiger partial charge in [0.1, 0.15) is 12.4 Å². The van der Waals surface area contributed by atoms with Gasteiger partial charge in [-0.25, -0.2) is 4.98 Å². The molecular formula is C15H21N3O2. The van der Waals surface area contributed by atoms with Gasteiger partial charge in [-0.1, -0.05) is 12.1 Å². The van der Waals surface area contributed by atoms with Gasteiger partial charge in [-0.2, -0.15) is 0 Å². The van der Waals surface area contributed by atoms with E-state index >= 15 is 0 Å². The number of rotatable bonds is 8. The molecular weight excluding hydrogens is 254 g/mol. The third-order valence-corrected chi connectivity index (χ3v) is 2.88. The monoisotopic (exact) mass is 275 g/mol. The summed E-state index contributed by atoms with van der Waals surface area (Å²) in [5, 5.41) is 3.10. The SMILES string of the molecule is CCOc1ccccc1OCCn1ccnc1CNC. The molecule has 0 saturated carbocycles. The maximum absolute atomic E-state index is 5.80. The highest BCUT2D eigenvalue weighted by molar-refractivity contribution is 5.39. The summed E-state index contributed by atoms with van der Waals surface area (Å²) in [4.78, 5) is 4.30. The van der Waals surface area contributed by atoms with Gasteiger partial charge in [0.15, 0.2) is 11.5 Å². The zero-order valence-electron chi connectivity index (χ0n) is 12.0. The fourth-order valence-corrected chi connectivity index (χ4v) is 1.97. The summed E-state index contributed by atoms with van der Waals surface area (Å²) in [5.41, 5.74) is 0. The van der Waals surface area contributed by atoms with Crippen molar-refractivity contribution in [1.82, 2.24) is 14.9 Å². The number of imidazole rings is 1. The number of nitrogens with one attached hydrogen (secondary N) is 1. The van der Waals surface area contributed by atoms with Crippen molar-refractivity contribution in [3.8, 4) is 11.5 Å². The lowest BCUT2D eigenvalue weighted by Gasteiger charge is -2.12. The second kappa shape index (κ2) is 7.55. The first kappa shape index (κ1) is 14.4. The second-order valence-electron chi connectivity index (χ2n) is 4.30. The van der Waals surface area contributed by atoms with E-state index in [0.717, 1.165) is 30.4 Å². The van der Waals surface area contributed by atoms with E-state index in [1.54, 1.807) is 6.20 Å². The van der Waals surface area contributed by atoms with Gasteiger partial charge in [0, 0.05) is 12.4 Å². The van der Waals surface area contributed by atoms with Gasteiger partial charge in [0.2, 0.25) is 0 Å². The minimum absolute atomic E-state index is 0.581. The first-order valence-corrected chi connectivity index (χ1v) is 6.84. The molecule has 1 aromatic heterocycles. The summed E-state index contributed by atoms with van der Waals surface area (Å²) in [6, 6.07) is 7.73. The zero-order valence-corrected chi connectivity index (χ0v) is 12.0. The van der Waals surface area contributed by atoms with Crippen LogP contribution in [0.5, 0.6) is 11.5 Å². The lowest BCUT2D eigenvalue weighted by atomic mass is 10.3. The number of ether oxygens (including phenoxy) is 2. The molecule has 1 heterocycles. The summed E-state index contributed by atoms with van der Waals surface area (Å²) < 4.78 is 13.4. The molecule has 0 bridgehead atoms. The molecule has 0 fully saturated rings. The fourth-order valence-electron chi connectivity index (χ4n) is 1.97. The van der Waals surface area contributed by atoms with Gasteiger partial charge >= 0.3 is 0 Å². The molecule has 5 nitrogen and oxygen atoms in total. The number of benzene rings is 1. The third kappa shape index (κ3) is 3.74. The first-order valence-electron chi connectivity index (χ1n) is 6.84. The van der Waals surface area contributed by atoms with Gasteiger partial charge in [0.25, 0.3) is 0 Å². The van der Waals surface area contributed by atoms with Gasteiger partial charge in [-0.15, -0.1) is 0 Å². The molecule has 2 rings (SSSR count). The first-order chi connectivity index (χ1) is 9.85. The quantitative estimate of drug-likeness (QED) is 0.801. The smallest absolute Gasteiger partial charge is 0.161 e. The van der Waals surface area contributed by atoms with Crippen LogP contribution in [0.25, 0.3) is 0 Å². The van der Waals surface area contributed by atoms with E-state index in [9.17, 15) is 0 Å². The molecule has 0 unspecified atom stereocenters. The number of para-hydroxylation sites is 2. The molecule has 0 spiro atoms. The number of nitrogens with zero attached hydrogens (tertiary/aromatic N) is 2. The molecule has 2 aromatic rings. The molecule has 0 aliphatic heterocycles. The molecule has 1 N–H and O–H groups in total.